The van der Waals surface area contributed by atoms with Gasteiger partial charge in [0, 0.05) is 25.2 Å². The van der Waals surface area contributed by atoms with E-state index in [-0.39, 0.29) is 6.04 Å². The Kier molecular flexibility index (Phi) is 5.19. The van der Waals surface area contributed by atoms with Crippen molar-refractivity contribution in [3.63, 3.8) is 0 Å². The van der Waals surface area contributed by atoms with Crippen LogP contribution in [0.15, 0.2) is 24.3 Å². The van der Waals surface area contributed by atoms with Crippen molar-refractivity contribution in [3.05, 3.63) is 29.8 Å². The zero-order chi connectivity index (χ0) is 13.7. The van der Waals surface area contributed by atoms with E-state index in [2.05, 4.69) is 24.1 Å². The predicted molar refractivity (Wildman–Crippen MR) is 76.4 cm³/mol. The van der Waals surface area contributed by atoms with Crippen LogP contribution in [0.1, 0.15) is 24.9 Å². The fourth-order valence-electron chi connectivity index (χ4n) is 2.59. The van der Waals surface area contributed by atoms with Crippen LogP contribution in [0.2, 0.25) is 0 Å². The Morgan fingerprint density at radius 1 is 1.42 bits per heavy atom. The average molecular weight is 264 g/mol. The summed E-state index contributed by atoms with van der Waals surface area (Å²) in [6.45, 7) is 4.96. The first-order valence-corrected chi connectivity index (χ1v) is 6.98. The molecular formula is C15H24N2O2. The van der Waals surface area contributed by atoms with E-state index in [1.54, 1.807) is 0 Å². The van der Waals surface area contributed by atoms with Gasteiger partial charge in [0.25, 0.3) is 0 Å². The molecular weight excluding hydrogens is 240 g/mol. The zero-order valence-corrected chi connectivity index (χ0v) is 11.8. The first kappa shape index (κ1) is 14.3. The second-order valence-electron chi connectivity index (χ2n) is 4.94. The largest absolute Gasteiger partial charge is 0.494 e. The molecule has 4 heteroatoms. The highest BCUT2D eigenvalue weighted by molar-refractivity contribution is 5.29. The molecule has 0 bridgehead atoms. The molecule has 1 heterocycles. The number of ether oxygens (including phenoxy) is 2. The van der Waals surface area contributed by atoms with Gasteiger partial charge in [-0.05, 0) is 38.1 Å². The summed E-state index contributed by atoms with van der Waals surface area (Å²) >= 11 is 0. The fraction of sp³-hybridized carbons (Fsp3) is 0.600. The van der Waals surface area contributed by atoms with Gasteiger partial charge in [0.15, 0.2) is 0 Å². The molecule has 0 radical (unpaired) electrons. The molecule has 0 aliphatic carbocycles. The van der Waals surface area contributed by atoms with Crippen LogP contribution in [0.3, 0.4) is 0 Å². The summed E-state index contributed by atoms with van der Waals surface area (Å²) in [6.07, 6.45) is 1.09. The van der Waals surface area contributed by atoms with E-state index in [1.807, 2.05) is 19.1 Å². The zero-order valence-electron chi connectivity index (χ0n) is 11.8. The normalized spacial score (nSPS) is 20.7. The summed E-state index contributed by atoms with van der Waals surface area (Å²) in [5, 5.41) is 0. The smallest absolute Gasteiger partial charge is 0.119 e. The van der Waals surface area contributed by atoms with Crippen molar-refractivity contribution in [1.29, 1.82) is 0 Å². The summed E-state index contributed by atoms with van der Waals surface area (Å²) < 4.78 is 10.9. The van der Waals surface area contributed by atoms with E-state index in [0.29, 0.717) is 19.2 Å². The number of hydrogen-bond donors (Lipinski definition) is 1. The molecule has 0 amide bonds. The molecule has 0 spiro atoms. The van der Waals surface area contributed by atoms with Crippen LogP contribution in [0.4, 0.5) is 0 Å². The number of benzene rings is 1. The third-order valence-corrected chi connectivity index (χ3v) is 3.77. The minimum absolute atomic E-state index is 0.238. The number of rotatable bonds is 6. The Hall–Kier alpha value is -1.10. The van der Waals surface area contributed by atoms with Crippen molar-refractivity contribution in [3.8, 4) is 5.75 Å². The maximum atomic E-state index is 5.96. The second-order valence-corrected chi connectivity index (χ2v) is 4.94. The van der Waals surface area contributed by atoms with Gasteiger partial charge in [0.2, 0.25) is 0 Å². The van der Waals surface area contributed by atoms with Gasteiger partial charge in [-0.25, -0.2) is 0 Å². The van der Waals surface area contributed by atoms with Gasteiger partial charge in [-0.2, -0.15) is 0 Å². The maximum absolute atomic E-state index is 5.96. The molecule has 1 fully saturated rings. The Morgan fingerprint density at radius 3 is 2.68 bits per heavy atom. The summed E-state index contributed by atoms with van der Waals surface area (Å²) in [6, 6.07) is 8.95. The SMILES string of the molecule is CCOc1ccc(C(CN)N(C)C2CCOC2)cc1. The van der Waals surface area contributed by atoms with Crippen molar-refractivity contribution >= 4 is 0 Å². The number of nitrogens with zero attached hydrogens (tertiary/aromatic N) is 1. The van der Waals surface area contributed by atoms with Crippen LogP contribution < -0.4 is 10.5 Å². The molecule has 2 rings (SSSR count). The predicted octanol–water partition coefficient (Wildman–Crippen LogP) is 1.81. The molecule has 2 unspecified atom stereocenters. The average Bonchev–Trinajstić information content (AvgIpc) is 2.96. The molecule has 1 aliphatic rings. The summed E-state index contributed by atoms with van der Waals surface area (Å²) in [5.74, 6) is 0.911. The van der Waals surface area contributed by atoms with Gasteiger partial charge >= 0.3 is 0 Å². The first-order valence-electron chi connectivity index (χ1n) is 6.98. The summed E-state index contributed by atoms with van der Waals surface area (Å²) in [7, 11) is 2.13. The topological polar surface area (TPSA) is 47.7 Å². The lowest BCUT2D eigenvalue weighted by molar-refractivity contribution is 0.134. The van der Waals surface area contributed by atoms with Crippen LogP contribution in [0.5, 0.6) is 5.75 Å². The third kappa shape index (κ3) is 3.47. The lowest BCUT2D eigenvalue weighted by Gasteiger charge is -2.31. The van der Waals surface area contributed by atoms with Crippen LogP contribution in [0.25, 0.3) is 0 Å². The molecule has 2 N–H and O–H groups in total. The van der Waals surface area contributed by atoms with Crippen molar-refractivity contribution in [1.82, 2.24) is 4.90 Å². The van der Waals surface area contributed by atoms with E-state index >= 15 is 0 Å². The van der Waals surface area contributed by atoms with Gasteiger partial charge < -0.3 is 15.2 Å². The number of hydrogen-bond acceptors (Lipinski definition) is 4. The molecule has 1 aromatic rings. The Morgan fingerprint density at radius 2 is 2.16 bits per heavy atom. The summed E-state index contributed by atoms with van der Waals surface area (Å²) in [4.78, 5) is 2.34. The lowest BCUT2D eigenvalue weighted by atomic mass is 10.0. The molecule has 106 valence electrons. The quantitative estimate of drug-likeness (QED) is 0.851. The molecule has 1 aromatic carbocycles. The van der Waals surface area contributed by atoms with Gasteiger partial charge in [0.05, 0.1) is 13.2 Å². The number of likely N-dealkylation sites (N-methyl/N-ethyl adjacent to an activating group) is 1. The Bertz CT molecular complexity index is 374. The molecule has 4 nitrogen and oxygen atoms in total. The Labute approximate surface area is 115 Å². The van der Waals surface area contributed by atoms with E-state index in [9.17, 15) is 0 Å². The highest BCUT2D eigenvalue weighted by Gasteiger charge is 2.26. The highest BCUT2D eigenvalue weighted by atomic mass is 16.5. The minimum Gasteiger partial charge on any atom is -0.494 e. The van der Waals surface area contributed by atoms with E-state index in [1.165, 1.54) is 5.56 Å². The monoisotopic (exact) mass is 264 g/mol. The van der Waals surface area contributed by atoms with Crippen LogP contribution in [0, 0.1) is 0 Å². The minimum atomic E-state index is 0.238. The third-order valence-electron chi connectivity index (χ3n) is 3.77. The van der Waals surface area contributed by atoms with Crippen LogP contribution in [-0.4, -0.2) is 44.4 Å². The molecule has 0 aromatic heterocycles. The molecule has 19 heavy (non-hydrogen) atoms. The molecule has 1 aliphatic heterocycles. The van der Waals surface area contributed by atoms with Crippen molar-refractivity contribution in [2.24, 2.45) is 5.73 Å². The Balaban J connectivity index is 2.07. The second kappa shape index (κ2) is 6.89. The van der Waals surface area contributed by atoms with Crippen molar-refractivity contribution in [2.45, 2.75) is 25.4 Å². The van der Waals surface area contributed by atoms with Gasteiger partial charge in [-0.3, -0.25) is 4.90 Å². The van der Waals surface area contributed by atoms with Gasteiger partial charge in [0.1, 0.15) is 5.75 Å². The highest BCUT2D eigenvalue weighted by Crippen LogP contribution is 2.25. The van der Waals surface area contributed by atoms with E-state index in [0.717, 1.165) is 25.4 Å². The molecule has 2 atom stereocenters. The molecule has 1 saturated heterocycles. The van der Waals surface area contributed by atoms with Crippen LogP contribution in [-0.2, 0) is 4.74 Å². The number of nitrogens with two attached hydrogens (primary N) is 1. The summed E-state index contributed by atoms with van der Waals surface area (Å²) in [5.41, 5.74) is 7.19. The standard InChI is InChI=1S/C15H24N2O2/c1-3-19-14-6-4-12(5-7-14)15(10-16)17(2)13-8-9-18-11-13/h4-7,13,15H,3,8-11,16H2,1-2H3. The van der Waals surface area contributed by atoms with E-state index in [4.69, 9.17) is 15.2 Å². The van der Waals surface area contributed by atoms with Crippen molar-refractivity contribution in [2.75, 3.05) is 33.4 Å². The van der Waals surface area contributed by atoms with Crippen LogP contribution >= 0.6 is 0 Å². The maximum Gasteiger partial charge on any atom is 0.119 e. The first-order chi connectivity index (χ1) is 9.26. The van der Waals surface area contributed by atoms with Crippen molar-refractivity contribution < 1.29 is 9.47 Å². The lowest BCUT2D eigenvalue weighted by Crippen LogP contribution is -2.38. The molecule has 0 saturated carbocycles. The fourth-order valence-corrected chi connectivity index (χ4v) is 2.59. The van der Waals surface area contributed by atoms with Gasteiger partial charge in [-0.15, -0.1) is 0 Å². The van der Waals surface area contributed by atoms with E-state index < -0.39 is 0 Å². The van der Waals surface area contributed by atoms with Gasteiger partial charge in [-0.1, -0.05) is 12.1 Å².